The van der Waals surface area contributed by atoms with Crippen molar-refractivity contribution in [1.82, 2.24) is 15.0 Å². The number of aromatic nitrogens is 3. The van der Waals surface area contributed by atoms with Gasteiger partial charge in [0.05, 0.1) is 25.1 Å². The summed E-state index contributed by atoms with van der Waals surface area (Å²) in [5.74, 6) is 1.50. The molecule has 0 saturated heterocycles. The SMILES string of the molecule is CCCNc1nc(-c2ncc(Cl)s2)nc2c1COCC2. The molecule has 0 aliphatic carbocycles. The van der Waals surface area contributed by atoms with Crippen molar-refractivity contribution >= 4 is 28.8 Å². The van der Waals surface area contributed by atoms with Gasteiger partial charge in [-0.05, 0) is 6.42 Å². The standard InChI is InChI=1S/C13H15ClN4OS/c1-2-4-15-11-8-7-19-5-3-9(8)17-12(18-11)13-16-6-10(14)20-13/h6H,2-5,7H2,1H3,(H,15,17,18). The van der Waals surface area contributed by atoms with Crippen molar-refractivity contribution < 1.29 is 4.74 Å². The van der Waals surface area contributed by atoms with E-state index < -0.39 is 0 Å². The van der Waals surface area contributed by atoms with Gasteiger partial charge in [0.2, 0.25) is 0 Å². The maximum atomic E-state index is 5.94. The second-order valence-corrected chi connectivity index (χ2v) is 6.18. The van der Waals surface area contributed by atoms with E-state index in [1.807, 2.05) is 0 Å². The first-order chi connectivity index (χ1) is 9.78. The van der Waals surface area contributed by atoms with Gasteiger partial charge in [-0.2, -0.15) is 0 Å². The molecule has 0 spiro atoms. The van der Waals surface area contributed by atoms with Crippen molar-refractivity contribution in [3.63, 3.8) is 0 Å². The highest BCUT2D eigenvalue weighted by Crippen LogP contribution is 2.29. The molecule has 1 aliphatic rings. The van der Waals surface area contributed by atoms with Crippen LogP contribution < -0.4 is 5.32 Å². The average Bonchev–Trinajstić information content (AvgIpc) is 2.91. The fraction of sp³-hybridized carbons (Fsp3) is 0.462. The lowest BCUT2D eigenvalue weighted by molar-refractivity contribution is 0.109. The van der Waals surface area contributed by atoms with E-state index in [4.69, 9.17) is 16.3 Å². The molecule has 1 aliphatic heterocycles. The smallest absolute Gasteiger partial charge is 0.190 e. The van der Waals surface area contributed by atoms with Crippen LogP contribution in [0.15, 0.2) is 6.20 Å². The Morgan fingerprint density at radius 3 is 3.10 bits per heavy atom. The van der Waals surface area contributed by atoms with Crippen LogP contribution in [-0.2, 0) is 17.8 Å². The Morgan fingerprint density at radius 1 is 1.45 bits per heavy atom. The van der Waals surface area contributed by atoms with E-state index in [-0.39, 0.29) is 0 Å². The van der Waals surface area contributed by atoms with Crippen LogP contribution in [0.5, 0.6) is 0 Å². The van der Waals surface area contributed by atoms with Crippen LogP contribution in [0.3, 0.4) is 0 Å². The van der Waals surface area contributed by atoms with Crippen molar-refractivity contribution in [2.24, 2.45) is 0 Å². The highest BCUT2D eigenvalue weighted by atomic mass is 35.5. The molecule has 3 rings (SSSR count). The van der Waals surface area contributed by atoms with Crippen LogP contribution in [0.1, 0.15) is 24.6 Å². The lowest BCUT2D eigenvalue weighted by Crippen LogP contribution is -2.17. The zero-order valence-electron chi connectivity index (χ0n) is 11.1. The highest BCUT2D eigenvalue weighted by Gasteiger charge is 2.19. The minimum Gasteiger partial charge on any atom is -0.376 e. The number of anilines is 1. The van der Waals surface area contributed by atoms with Crippen LogP contribution in [-0.4, -0.2) is 28.1 Å². The first-order valence-electron chi connectivity index (χ1n) is 6.61. The molecule has 0 unspecified atom stereocenters. The first kappa shape index (κ1) is 13.7. The molecular formula is C13H15ClN4OS. The summed E-state index contributed by atoms with van der Waals surface area (Å²) in [5, 5.41) is 4.11. The first-order valence-corrected chi connectivity index (χ1v) is 7.80. The molecule has 106 valence electrons. The van der Waals surface area contributed by atoms with Gasteiger partial charge >= 0.3 is 0 Å². The summed E-state index contributed by atoms with van der Waals surface area (Å²) >= 11 is 7.34. The third kappa shape index (κ3) is 2.77. The van der Waals surface area contributed by atoms with Crippen molar-refractivity contribution in [2.75, 3.05) is 18.5 Å². The van der Waals surface area contributed by atoms with Crippen LogP contribution in [0.4, 0.5) is 5.82 Å². The second kappa shape index (κ2) is 6.03. The predicted octanol–water partition coefficient (Wildman–Crippen LogP) is 3.15. The summed E-state index contributed by atoms with van der Waals surface area (Å²) in [5.41, 5.74) is 2.11. The number of fused-ring (bicyclic) bond motifs is 1. The maximum absolute atomic E-state index is 5.94. The summed E-state index contributed by atoms with van der Waals surface area (Å²) in [6.45, 7) is 4.27. The minimum atomic E-state index is 0.570. The molecule has 0 amide bonds. The third-order valence-electron chi connectivity index (χ3n) is 3.03. The molecule has 1 N–H and O–H groups in total. The summed E-state index contributed by atoms with van der Waals surface area (Å²) < 4.78 is 6.16. The molecule has 20 heavy (non-hydrogen) atoms. The fourth-order valence-corrected chi connectivity index (χ4v) is 2.92. The fourth-order valence-electron chi connectivity index (χ4n) is 2.07. The summed E-state index contributed by atoms with van der Waals surface area (Å²) in [7, 11) is 0. The molecule has 2 aromatic heterocycles. The van der Waals surface area contributed by atoms with E-state index in [2.05, 4.69) is 27.2 Å². The number of hydrogen-bond acceptors (Lipinski definition) is 6. The van der Waals surface area contributed by atoms with Crippen molar-refractivity contribution in [1.29, 1.82) is 0 Å². The van der Waals surface area contributed by atoms with Crippen LogP contribution in [0.2, 0.25) is 4.34 Å². The molecule has 0 atom stereocenters. The number of nitrogens with zero attached hydrogens (tertiary/aromatic N) is 3. The Kier molecular flexibility index (Phi) is 4.14. The predicted molar refractivity (Wildman–Crippen MR) is 80.3 cm³/mol. The van der Waals surface area contributed by atoms with E-state index in [1.165, 1.54) is 11.3 Å². The van der Waals surface area contributed by atoms with E-state index >= 15 is 0 Å². The lowest BCUT2D eigenvalue weighted by atomic mass is 10.1. The minimum absolute atomic E-state index is 0.570. The van der Waals surface area contributed by atoms with Gasteiger partial charge in [-0.25, -0.2) is 15.0 Å². The van der Waals surface area contributed by atoms with E-state index in [0.717, 1.165) is 41.5 Å². The number of hydrogen-bond donors (Lipinski definition) is 1. The Morgan fingerprint density at radius 2 is 2.35 bits per heavy atom. The van der Waals surface area contributed by atoms with Crippen molar-refractivity contribution in [3.05, 3.63) is 21.8 Å². The average molecular weight is 311 g/mol. The van der Waals surface area contributed by atoms with Gasteiger partial charge in [0.1, 0.15) is 10.2 Å². The number of nitrogens with one attached hydrogen (secondary N) is 1. The van der Waals surface area contributed by atoms with Gasteiger partial charge in [0.25, 0.3) is 0 Å². The molecule has 0 bridgehead atoms. The molecule has 0 aromatic carbocycles. The van der Waals surface area contributed by atoms with E-state index in [0.29, 0.717) is 23.4 Å². The summed E-state index contributed by atoms with van der Waals surface area (Å²) in [6.07, 6.45) is 3.48. The number of rotatable bonds is 4. The van der Waals surface area contributed by atoms with Crippen LogP contribution in [0.25, 0.3) is 10.8 Å². The second-order valence-electron chi connectivity index (χ2n) is 4.52. The van der Waals surface area contributed by atoms with Crippen LogP contribution >= 0.6 is 22.9 Å². The maximum Gasteiger partial charge on any atom is 0.190 e. The molecule has 0 fully saturated rings. The Bertz CT molecular complexity index is 616. The Balaban J connectivity index is 2.03. The molecule has 0 radical (unpaired) electrons. The normalized spacial score (nSPS) is 14.1. The topological polar surface area (TPSA) is 59.9 Å². The molecule has 5 nitrogen and oxygen atoms in total. The van der Waals surface area contributed by atoms with Gasteiger partial charge in [-0.15, -0.1) is 0 Å². The molecule has 2 aromatic rings. The van der Waals surface area contributed by atoms with Crippen molar-refractivity contribution in [2.45, 2.75) is 26.4 Å². The summed E-state index contributed by atoms with van der Waals surface area (Å²) in [6, 6.07) is 0. The Labute approximate surface area is 126 Å². The molecule has 7 heteroatoms. The number of thiazole rings is 1. The molecule has 3 heterocycles. The van der Waals surface area contributed by atoms with Gasteiger partial charge < -0.3 is 10.1 Å². The van der Waals surface area contributed by atoms with Gasteiger partial charge in [0.15, 0.2) is 10.8 Å². The van der Waals surface area contributed by atoms with Crippen LogP contribution in [0, 0.1) is 0 Å². The van der Waals surface area contributed by atoms with E-state index in [9.17, 15) is 0 Å². The zero-order valence-corrected chi connectivity index (χ0v) is 12.7. The molecular weight excluding hydrogens is 296 g/mol. The van der Waals surface area contributed by atoms with E-state index in [1.54, 1.807) is 6.20 Å². The number of halogens is 1. The largest absolute Gasteiger partial charge is 0.376 e. The van der Waals surface area contributed by atoms with Gasteiger partial charge in [-0.3, -0.25) is 0 Å². The van der Waals surface area contributed by atoms with Crippen molar-refractivity contribution in [3.8, 4) is 10.8 Å². The Hall–Kier alpha value is -1.24. The van der Waals surface area contributed by atoms with Gasteiger partial charge in [-0.1, -0.05) is 29.9 Å². The van der Waals surface area contributed by atoms with Gasteiger partial charge in [0, 0.05) is 18.5 Å². The summed E-state index contributed by atoms with van der Waals surface area (Å²) in [4.78, 5) is 13.5. The quantitative estimate of drug-likeness (QED) is 0.940. The molecule has 0 saturated carbocycles. The third-order valence-corrected chi connectivity index (χ3v) is 4.14. The number of ether oxygens (including phenoxy) is 1. The monoisotopic (exact) mass is 310 g/mol. The lowest BCUT2D eigenvalue weighted by Gasteiger charge is -2.19. The highest BCUT2D eigenvalue weighted by molar-refractivity contribution is 7.18. The zero-order chi connectivity index (χ0) is 13.9.